The van der Waals surface area contributed by atoms with Crippen LogP contribution in [0, 0.1) is 16.2 Å². The van der Waals surface area contributed by atoms with Crippen molar-refractivity contribution in [3.8, 4) is 0 Å². The van der Waals surface area contributed by atoms with Crippen LogP contribution in [0.25, 0.3) is 0 Å². The van der Waals surface area contributed by atoms with E-state index in [1.807, 2.05) is 0 Å². The minimum absolute atomic E-state index is 0.271. The Bertz CT molecular complexity index is 251. The molecule has 0 heterocycles. The molecule has 19 heavy (non-hydrogen) atoms. The third-order valence-corrected chi connectivity index (χ3v) is 8.45. The Morgan fingerprint density at radius 3 is 1.16 bits per heavy atom. The lowest BCUT2D eigenvalue weighted by molar-refractivity contribution is 0.269. The molecule has 0 fully saturated rings. The summed E-state index contributed by atoms with van der Waals surface area (Å²) in [7, 11) is -1.93. The molecule has 0 aliphatic heterocycles. The van der Waals surface area contributed by atoms with Crippen molar-refractivity contribution in [2.24, 2.45) is 21.4 Å². The van der Waals surface area contributed by atoms with E-state index >= 15 is 0 Å². The second-order valence-corrected chi connectivity index (χ2v) is 13.2. The maximum Gasteiger partial charge on any atom is 0.289 e. The predicted molar refractivity (Wildman–Crippen MR) is 89.2 cm³/mol. The van der Waals surface area contributed by atoms with Crippen molar-refractivity contribution < 1.29 is 4.53 Å². The molecule has 2 nitrogen and oxygen atoms in total. The first kappa shape index (κ1) is 18.7. The van der Waals surface area contributed by atoms with Gasteiger partial charge in [-0.2, -0.15) is 0 Å². The summed E-state index contributed by atoms with van der Waals surface area (Å²) in [5.41, 5.74) is 0.814. The number of oxime groups is 1. The minimum Gasteiger partial charge on any atom is -0.455 e. The SMILES string of the molecule is C=NO[Si](CC(C)(C)C)(CC(C)(C)C)CC(C)(C)C. The highest BCUT2D eigenvalue weighted by molar-refractivity contribution is 6.74. The Hall–Kier alpha value is -0.313. The lowest BCUT2D eigenvalue weighted by atomic mass is 9.99. The van der Waals surface area contributed by atoms with E-state index in [2.05, 4.69) is 74.2 Å². The van der Waals surface area contributed by atoms with Gasteiger partial charge in [0.05, 0.1) is 0 Å². The summed E-state index contributed by atoms with van der Waals surface area (Å²) in [6.07, 6.45) is 0. The molecule has 0 atom stereocenters. The molecule has 0 bridgehead atoms. The van der Waals surface area contributed by atoms with E-state index in [9.17, 15) is 0 Å². The summed E-state index contributed by atoms with van der Waals surface area (Å²) in [6, 6.07) is 3.40. The fourth-order valence-corrected chi connectivity index (χ4v) is 9.96. The van der Waals surface area contributed by atoms with Crippen molar-refractivity contribution in [1.82, 2.24) is 0 Å². The maximum atomic E-state index is 6.01. The average molecular weight is 286 g/mol. The Morgan fingerprint density at radius 2 is 1.00 bits per heavy atom. The van der Waals surface area contributed by atoms with Crippen molar-refractivity contribution in [1.29, 1.82) is 0 Å². The molecule has 0 N–H and O–H groups in total. The van der Waals surface area contributed by atoms with Gasteiger partial charge >= 0.3 is 0 Å². The molecule has 0 saturated heterocycles. The van der Waals surface area contributed by atoms with Crippen LogP contribution in [0.1, 0.15) is 62.3 Å². The molecule has 0 aromatic heterocycles. The Morgan fingerprint density at radius 1 is 0.737 bits per heavy atom. The molecule has 114 valence electrons. The molecular formula is C16H35NOSi. The van der Waals surface area contributed by atoms with E-state index in [4.69, 9.17) is 4.53 Å². The van der Waals surface area contributed by atoms with Gasteiger partial charge < -0.3 is 4.53 Å². The van der Waals surface area contributed by atoms with Gasteiger partial charge in [0, 0.05) is 6.72 Å². The maximum absolute atomic E-state index is 6.01. The normalized spacial score (nSPS) is 14.4. The monoisotopic (exact) mass is 285 g/mol. The summed E-state index contributed by atoms with van der Waals surface area (Å²) >= 11 is 0. The zero-order valence-electron chi connectivity index (χ0n) is 14.7. The van der Waals surface area contributed by atoms with Gasteiger partial charge in [0.1, 0.15) is 0 Å². The van der Waals surface area contributed by atoms with E-state index in [-0.39, 0.29) is 16.2 Å². The Labute approximate surface area is 122 Å². The average Bonchev–Trinajstić information content (AvgIpc) is 1.90. The fourth-order valence-electron chi connectivity index (χ4n) is 3.32. The van der Waals surface area contributed by atoms with Crippen LogP contribution >= 0.6 is 0 Å². The van der Waals surface area contributed by atoms with Gasteiger partial charge in [0.25, 0.3) is 8.32 Å². The van der Waals surface area contributed by atoms with Crippen molar-refractivity contribution in [3.05, 3.63) is 0 Å². The van der Waals surface area contributed by atoms with Crippen LogP contribution in [0.4, 0.5) is 0 Å². The molecule has 0 rings (SSSR count). The van der Waals surface area contributed by atoms with Gasteiger partial charge in [0.2, 0.25) is 0 Å². The van der Waals surface area contributed by atoms with Crippen molar-refractivity contribution in [3.63, 3.8) is 0 Å². The standard InChI is InChI=1S/C16H35NOSi/c1-14(2,3)11-19(18-17-10,12-15(4,5)6)13-16(7,8)9/h10-13H2,1-9H3. The van der Waals surface area contributed by atoms with Crippen LogP contribution in [-0.4, -0.2) is 15.0 Å². The summed E-state index contributed by atoms with van der Waals surface area (Å²) in [5.74, 6) is 0. The van der Waals surface area contributed by atoms with E-state index in [1.54, 1.807) is 0 Å². The molecular weight excluding hydrogens is 250 g/mol. The van der Waals surface area contributed by atoms with E-state index < -0.39 is 8.32 Å². The molecule has 0 aliphatic rings. The third kappa shape index (κ3) is 9.25. The van der Waals surface area contributed by atoms with Gasteiger partial charge in [-0.3, -0.25) is 0 Å². The second-order valence-electron chi connectivity index (χ2n) is 9.62. The number of nitrogens with zero attached hydrogens (tertiary/aromatic N) is 1. The molecule has 0 aromatic rings. The highest BCUT2D eigenvalue weighted by Gasteiger charge is 2.46. The van der Waals surface area contributed by atoms with Gasteiger partial charge in [-0.1, -0.05) is 62.3 Å². The van der Waals surface area contributed by atoms with Gasteiger partial charge in [-0.15, -0.1) is 5.16 Å². The lowest BCUT2D eigenvalue weighted by Crippen LogP contribution is -2.46. The first-order chi connectivity index (χ1) is 8.18. The van der Waals surface area contributed by atoms with E-state index in [0.717, 1.165) is 18.1 Å². The smallest absolute Gasteiger partial charge is 0.289 e. The largest absolute Gasteiger partial charge is 0.455 e. The minimum atomic E-state index is -1.93. The molecule has 0 unspecified atom stereocenters. The zero-order valence-corrected chi connectivity index (χ0v) is 15.7. The Kier molecular flexibility index (Phi) is 5.89. The van der Waals surface area contributed by atoms with Crippen LogP contribution in [0.2, 0.25) is 18.1 Å². The topological polar surface area (TPSA) is 21.6 Å². The molecule has 0 radical (unpaired) electrons. The van der Waals surface area contributed by atoms with Crippen LogP contribution in [-0.2, 0) is 4.53 Å². The Balaban J connectivity index is 5.40. The second kappa shape index (κ2) is 5.98. The molecule has 0 aromatic carbocycles. The number of rotatable bonds is 5. The predicted octanol–water partition coefficient (Wildman–Crippen LogP) is 5.70. The van der Waals surface area contributed by atoms with Crippen molar-refractivity contribution in [2.75, 3.05) is 0 Å². The molecule has 0 amide bonds. The first-order valence-electron chi connectivity index (χ1n) is 7.32. The first-order valence-corrected chi connectivity index (χ1v) is 9.85. The summed E-state index contributed by atoms with van der Waals surface area (Å²) in [5, 5.41) is 3.87. The molecule has 3 heteroatoms. The third-order valence-electron chi connectivity index (χ3n) is 2.82. The van der Waals surface area contributed by atoms with Crippen LogP contribution < -0.4 is 0 Å². The van der Waals surface area contributed by atoms with Gasteiger partial charge in [0.15, 0.2) is 0 Å². The summed E-state index contributed by atoms with van der Waals surface area (Å²) < 4.78 is 6.01. The van der Waals surface area contributed by atoms with Crippen LogP contribution in [0.5, 0.6) is 0 Å². The van der Waals surface area contributed by atoms with Crippen molar-refractivity contribution in [2.45, 2.75) is 80.4 Å². The molecule has 0 aliphatic carbocycles. The highest BCUT2D eigenvalue weighted by atomic mass is 28.4. The van der Waals surface area contributed by atoms with Crippen LogP contribution in [0.15, 0.2) is 5.16 Å². The highest BCUT2D eigenvalue weighted by Crippen LogP contribution is 2.43. The quantitative estimate of drug-likeness (QED) is 0.360. The number of hydrogen-bond acceptors (Lipinski definition) is 2. The fraction of sp³-hybridized carbons (Fsp3) is 0.938. The van der Waals surface area contributed by atoms with E-state index in [0.29, 0.717) is 0 Å². The van der Waals surface area contributed by atoms with Gasteiger partial charge in [-0.05, 0) is 34.4 Å². The molecule has 0 spiro atoms. The lowest BCUT2D eigenvalue weighted by Gasteiger charge is -2.41. The summed E-state index contributed by atoms with van der Waals surface area (Å²) in [4.78, 5) is 0. The number of hydrogen-bond donors (Lipinski definition) is 0. The summed E-state index contributed by atoms with van der Waals surface area (Å²) in [6.45, 7) is 24.3. The van der Waals surface area contributed by atoms with Crippen molar-refractivity contribution >= 4 is 15.0 Å². The molecule has 0 saturated carbocycles. The van der Waals surface area contributed by atoms with Crippen LogP contribution in [0.3, 0.4) is 0 Å². The van der Waals surface area contributed by atoms with Gasteiger partial charge in [-0.25, -0.2) is 0 Å². The zero-order chi connectivity index (χ0) is 15.5. The van der Waals surface area contributed by atoms with E-state index in [1.165, 1.54) is 0 Å².